The molecule has 1 atom stereocenters. The minimum absolute atomic E-state index is 0.364. The monoisotopic (exact) mass is 189 g/mol. The summed E-state index contributed by atoms with van der Waals surface area (Å²) in [6.07, 6.45) is 8.84. The Morgan fingerprint density at radius 2 is 2.29 bits per heavy atom. The molecule has 0 saturated heterocycles. The number of aliphatic hydroxyl groups is 1. The van der Waals surface area contributed by atoms with E-state index in [4.69, 9.17) is 0 Å². The average Bonchev–Trinajstić information content (AvgIpc) is 2.97. The van der Waals surface area contributed by atoms with Gasteiger partial charge in [0.25, 0.3) is 0 Å². The lowest BCUT2D eigenvalue weighted by Gasteiger charge is -2.05. The van der Waals surface area contributed by atoms with E-state index >= 15 is 0 Å². The highest BCUT2D eigenvalue weighted by molar-refractivity contribution is 5.52. The molecule has 1 aliphatic carbocycles. The summed E-state index contributed by atoms with van der Waals surface area (Å²) in [5.74, 6) is 0.434. The Bertz CT molecular complexity index is 461. The van der Waals surface area contributed by atoms with Crippen LogP contribution in [0.25, 0.3) is 5.52 Å². The second kappa shape index (κ2) is 2.78. The molecular formula is C10H11N3O. The Labute approximate surface area is 81.2 Å². The van der Waals surface area contributed by atoms with Gasteiger partial charge in [-0.05, 0) is 18.8 Å². The van der Waals surface area contributed by atoms with Crippen LogP contribution in [-0.2, 0) is 0 Å². The molecule has 2 aromatic heterocycles. The lowest BCUT2D eigenvalue weighted by molar-refractivity contribution is 0.155. The van der Waals surface area contributed by atoms with Crippen molar-refractivity contribution in [2.75, 3.05) is 0 Å². The van der Waals surface area contributed by atoms with E-state index < -0.39 is 0 Å². The number of nitrogens with zero attached hydrogens (tertiary/aromatic N) is 3. The number of rotatable bonds is 2. The van der Waals surface area contributed by atoms with E-state index in [0.29, 0.717) is 5.92 Å². The van der Waals surface area contributed by atoms with Crippen LogP contribution >= 0.6 is 0 Å². The van der Waals surface area contributed by atoms with Gasteiger partial charge in [-0.1, -0.05) is 0 Å². The van der Waals surface area contributed by atoms with Gasteiger partial charge in [-0.3, -0.25) is 4.98 Å². The molecule has 0 spiro atoms. The average molecular weight is 189 g/mol. The molecule has 0 aromatic carbocycles. The van der Waals surface area contributed by atoms with Crippen LogP contribution < -0.4 is 0 Å². The van der Waals surface area contributed by atoms with E-state index in [9.17, 15) is 5.11 Å². The fraction of sp³-hybridized carbons (Fsp3) is 0.400. The smallest absolute Gasteiger partial charge is 0.0903 e. The minimum Gasteiger partial charge on any atom is -0.388 e. The van der Waals surface area contributed by atoms with Crippen molar-refractivity contribution >= 4 is 5.52 Å². The third-order valence-electron chi connectivity index (χ3n) is 2.74. The van der Waals surface area contributed by atoms with Crippen LogP contribution in [0.15, 0.2) is 24.8 Å². The quantitative estimate of drug-likeness (QED) is 0.771. The first-order chi connectivity index (χ1) is 6.86. The maximum absolute atomic E-state index is 9.97. The van der Waals surface area contributed by atoms with Crippen LogP contribution in [0.2, 0.25) is 0 Å². The van der Waals surface area contributed by atoms with Crippen molar-refractivity contribution < 1.29 is 5.11 Å². The Morgan fingerprint density at radius 1 is 1.43 bits per heavy atom. The molecule has 4 nitrogen and oxygen atoms in total. The summed E-state index contributed by atoms with van der Waals surface area (Å²) >= 11 is 0. The van der Waals surface area contributed by atoms with Gasteiger partial charge in [0.05, 0.1) is 24.0 Å². The molecule has 1 aliphatic rings. The molecule has 1 fully saturated rings. The normalized spacial score (nSPS) is 18.6. The minimum atomic E-state index is -0.364. The van der Waals surface area contributed by atoms with Crippen LogP contribution in [0.1, 0.15) is 24.5 Å². The fourth-order valence-corrected chi connectivity index (χ4v) is 1.75. The van der Waals surface area contributed by atoms with E-state index in [2.05, 4.69) is 10.1 Å². The SMILES string of the molecule is OC(c1cnn2ccncc12)C1CC1. The topological polar surface area (TPSA) is 50.4 Å². The Balaban J connectivity index is 2.11. The predicted molar refractivity (Wildman–Crippen MR) is 50.7 cm³/mol. The predicted octanol–water partition coefficient (Wildman–Crippen LogP) is 1.17. The van der Waals surface area contributed by atoms with E-state index in [1.807, 2.05) is 0 Å². The molecule has 1 saturated carbocycles. The van der Waals surface area contributed by atoms with Crippen LogP contribution in [0, 0.1) is 5.92 Å². The maximum Gasteiger partial charge on any atom is 0.0903 e. The maximum atomic E-state index is 9.97. The van der Waals surface area contributed by atoms with Gasteiger partial charge in [0.2, 0.25) is 0 Å². The molecule has 0 radical (unpaired) electrons. The lowest BCUT2D eigenvalue weighted by Crippen LogP contribution is -1.98. The summed E-state index contributed by atoms with van der Waals surface area (Å²) in [7, 11) is 0. The first kappa shape index (κ1) is 7.94. The first-order valence-electron chi connectivity index (χ1n) is 4.81. The molecule has 0 aliphatic heterocycles. The zero-order valence-corrected chi connectivity index (χ0v) is 7.67. The van der Waals surface area contributed by atoms with Gasteiger partial charge in [-0.25, -0.2) is 4.52 Å². The van der Waals surface area contributed by atoms with Crippen LogP contribution in [-0.4, -0.2) is 19.7 Å². The standard InChI is InChI=1S/C10H11N3O/c14-10(7-1-2-7)8-5-12-13-4-3-11-6-9(8)13/h3-7,10,14H,1-2H2. The molecule has 2 heterocycles. The Morgan fingerprint density at radius 3 is 3.07 bits per heavy atom. The van der Waals surface area contributed by atoms with Crippen molar-refractivity contribution in [3.05, 3.63) is 30.4 Å². The second-order valence-electron chi connectivity index (χ2n) is 3.79. The van der Waals surface area contributed by atoms with Crippen LogP contribution in [0.4, 0.5) is 0 Å². The Hall–Kier alpha value is -1.42. The number of fused-ring (bicyclic) bond motifs is 1. The molecule has 4 heteroatoms. The van der Waals surface area contributed by atoms with Crippen molar-refractivity contribution in [1.29, 1.82) is 0 Å². The highest BCUT2D eigenvalue weighted by Gasteiger charge is 2.32. The van der Waals surface area contributed by atoms with Gasteiger partial charge in [-0.2, -0.15) is 5.10 Å². The van der Waals surface area contributed by atoms with Crippen molar-refractivity contribution in [2.24, 2.45) is 5.92 Å². The first-order valence-corrected chi connectivity index (χ1v) is 4.81. The largest absolute Gasteiger partial charge is 0.388 e. The van der Waals surface area contributed by atoms with Crippen molar-refractivity contribution in [1.82, 2.24) is 14.6 Å². The molecule has 14 heavy (non-hydrogen) atoms. The third kappa shape index (κ3) is 1.11. The number of aromatic nitrogens is 3. The molecule has 0 amide bonds. The zero-order chi connectivity index (χ0) is 9.54. The fourth-order valence-electron chi connectivity index (χ4n) is 1.75. The molecule has 2 aromatic rings. The molecule has 1 N–H and O–H groups in total. The summed E-state index contributed by atoms with van der Waals surface area (Å²) < 4.78 is 1.74. The summed E-state index contributed by atoms with van der Waals surface area (Å²) in [6, 6.07) is 0. The summed E-state index contributed by atoms with van der Waals surface area (Å²) in [6.45, 7) is 0. The van der Waals surface area contributed by atoms with Crippen molar-refractivity contribution in [3.63, 3.8) is 0 Å². The van der Waals surface area contributed by atoms with Crippen molar-refractivity contribution in [3.8, 4) is 0 Å². The molecule has 72 valence electrons. The van der Waals surface area contributed by atoms with Gasteiger partial charge in [0.15, 0.2) is 0 Å². The van der Waals surface area contributed by atoms with Gasteiger partial charge >= 0.3 is 0 Å². The highest BCUT2D eigenvalue weighted by atomic mass is 16.3. The number of aliphatic hydroxyl groups excluding tert-OH is 1. The van der Waals surface area contributed by atoms with Crippen molar-refractivity contribution in [2.45, 2.75) is 18.9 Å². The lowest BCUT2D eigenvalue weighted by atomic mass is 10.1. The van der Waals surface area contributed by atoms with Crippen LogP contribution in [0.3, 0.4) is 0 Å². The molecule has 3 rings (SSSR count). The number of hydrogen-bond donors (Lipinski definition) is 1. The van der Waals surface area contributed by atoms with E-state index in [1.165, 1.54) is 0 Å². The zero-order valence-electron chi connectivity index (χ0n) is 7.67. The van der Waals surface area contributed by atoms with Gasteiger partial charge in [0.1, 0.15) is 0 Å². The van der Waals surface area contributed by atoms with Gasteiger partial charge < -0.3 is 5.11 Å². The van der Waals surface area contributed by atoms with Gasteiger partial charge in [0, 0.05) is 18.0 Å². The molecular weight excluding hydrogens is 178 g/mol. The van der Waals surface area contributed by atoms with E-state index in [1.54, 1.807) is 29.3 Å². The molecule has 0 bridgehead atoms. The third-order valence-corrected chi connectivity index (χ3v) is 2.74. The summed E-state index contributed by atoms with van der Waals surface area (Å²) in [4.78, 5) is 4.04. The van der Waals surface area contributed by atoms with Gasteiger partial charge in [-0.15, -0.1) is 0 Å². The van der Waals surface area contributed by atoms with E-state index in [-0.39, 0.29) is 6.10 Å². The highest BCUT2D eigenvalue weighted by Crippen LogP contribution is 2.41. The summed E-state index contributed by atoms with van der Waals surface area (Å²) in [5, 5.41) is 14.1. The molecule has 1 unspecified atom stereocenters. The Kier molecular flexibility index (Phi) is 1.58. The summed E-state index contributed by atoms with van der Waals surface area (Å²) in [5.41, 5.74) is 1.81. The second-order valence-corrected chi connectivity index (χ2v) is 3.79. The van der Waals surface area contributed by atoms with Crippen LogP contribution in [0.5, 0.6) is 0 Å². The van der Waals surface area contributed by atoms with E-state index in [0.717, 1.165) is 23.9 Å². The number of hydrogen-bond acceptors (Lipinski definition) is 3.